The summed E-state index contributed by atoms with van der Waals surface area (Å²) in [6, 6.07) is 6.98. The van der Waals surface area contributed by atoms with Gasteiger partial charge in [0.15, 0.2) is 0 Å². The van der Waals surface area contributed by atoms with Gasteiger partial charge < -0.3 is 4.98 Å². The summed E-state index contributed by atoms with van der Waals surface area (Å²) in [5.41, 5.74) is 1.41. The minimum absolute atomic E-state index is 0.458. The van der Waals surface area contributed by atoms with Crippen molar-refractivity contribution >= 4 is 26.8 Å². The van der Waals surface area contributed by atoms with Gasteiger partial charge in [-0.05, 0) is 24.3 Å². The van der Waals surface area contributed by atoms with Crippen molar-refractivity contribution in [2.75, 3.05) is 4.72 Å². The maximum absolute atomic E-state index is 10.7. The van der Waals surface area contributed by atoms with Crippen molar-refractivity contribution < 1.29 is 8.42 Å². The number of nitrogens with two attached hydrogens (primary N) is 1. The lowest BCUT2D eigenvalue weighted by Crippen LogP contribution is -2.21. The van der Waals surface area contributed by atoms with Crippen LogP contribution < -0.4 is 9.86 Å². The van der Waals surface area contributed by atoms with Gasteiger partial charge in [0, 0.05) is 17.1 Å². The molecule has 0 aliphatic heterocycles. The van der Waals surface area contributed by atoms with Gasteiger partial charge in [0.25, 0.3) is 10.2 Å². The van der Waals surface area contributed by atoms with Gasteiger partial charge in [0.05, 0.1) is 5.69 Å². The van der Waals surface area contributed by atoms with E-state index in [0.29, 0.717) is 5.69 Å². The van der Waals surface area contributed by atoms with E-state index in [9.17, 15) is 8.42 Å². The van der Waals surface area contributed by atoms with Gasteiger partial charge in [0.2, 0.25) is 0 Å². The molecule has 2 aromatic rings. The Morgan fingerprint density at radius 3 is 2.79 bits per heavy atom. The zero-order valence-electron chi connectivity index (χ0n) is 7.19. The van der Waals surface area contributed by atoms with E-state index in [-0.39, 0.29) is 0 Å². The Hall–Kier alpha value is -1.53. The average Bonchev–Trinajstić information content (AvgIpc) is 2.47. The molecule has 0 aliphatic rings. The van der Waals surface area contributed by atoms with Crippen LogP contribution in [-0.2, 0) is 10.2 Å². The third kappa shape index (κ3) is 1.86. The first kappa shape index (κ1) is 9.04. The fourth-order valence-electron chi connectivity index (χ4n) is 1.28. The van der Waals surface area contributed by atoms with E-state index < -0.39 is 10.2 Å². The largest absolute Gasteiger partial charge is 0.361 e. The van der Waals surface area contributed by atoms with Gasteiger partial charge in [-0.2, -0.15) is 8.42 Å². The number of fused-ring (bicyclic) bond motifs is 1. The third-order valence-electron chi connectivity index (χ3n) is 1.81. The zero-order valence-corrected chi connectivity index (χ0v) is 8.01. The summed E-state index contributed by atoms with van der Waals surface area (Å²) in [6.07, 6.45) is 1.78. The van der Waals surface area contributed by atoms with Gasteiger partial charge >= 0.3 is 0 Å². The quantitative estimate of drug-likeness (QED) is 0.685. The Labute approximate surface area is 81.1 Å². The van der Waals surface area contributed by atoms with E-state index in [2.05, 4.69) is 9.71 Å². The monoisotopic (exact) mass is 211 g/mol. The lowest BCUT2D eigenvalue weighted by molar-refractivity contribution is 0.603. The highest BCUT2D eigenvalue weighted by Crippen LogP contribution is 2.17. The molecule has 0 spiro atoms. The highest BCUT2D eigenvalue weighted by molar-refractivity contribution is 7.90. The van der Waals surface area contributed by atoms with Gasteiger partial charge in [-0.15, -0.1) is 0 Å². The van der Waals surface area contributed by atoms with Crippen LogP contribution in [0.3, 0.4) is 0 Å². The van der Waals surface area contributed by atoms with Gasteiger partial charge in [-0.3, -0.25) is 4.72 Å². The second-order valence-electron chi connectivity index (χ2n) is 2.93. The van der Waals surface area contributed by atoms with E-state index >= 15 is 0 Å². The standard InChI is InChI=1S/C8H9N3O2S/c9-14(12,13)11-7-1-2-8-6(5-7)3-4-10-8/h1-5,10-11H,(H2,9,12,13). The Morgan fingerprint density at radius 1 is 1.29 bits per heavy atom. The molecular weight excluding hydrogens is 202 g/mol. The lowest BCUT2D eigenvalue weighted by atomic mass is 10.2. The molecule has 5 nitrogen and oxygen atoms in total. The molecule has 1 aromatic carbocycles. The molecule has 0 amide bonds. The minimum Gasteiger partial charge on any atom is -0.361 e. The third-order valence-corrected chi connectivity index (χ3v) is 2.33. The summed E-state index contributed by atoms with van der Waals surface area (Å²) in [7, 11) is -3.69. The van der Waals surface area contributed by atoms with Crippen LogP contribution in [0.25, 0.3) is 10.9 Å². The number of rotatable bonds is 2. The predicted octanol–water partition coefficient (Wildman–Crippen LogP) is 0.783. The molecule has 1 heterocycles. The van der Waals surface area contributed by atoms with Crippen LogP contribution in [0.2, 0.25) is 0 Å². The molecular formula is C8H9N3O2S. The van der Waals surface area contributed by atoms with Crippen molar-refractivity contribution in [2.24, 2.45) is 5.14 Å². The van der Waals surface area contributed by atoms with E-state index in [1.54, 1.807) is 24.4 Å². The maximum atomic E-state index is 10.7. The molecule has 4 N–H and O–H groups in total. The molecule has 0 bridgehead atoms. The SMILES string of the molecule is NS(=O)(=O)Nc1ccc2[nH]ccc2c1. The number of H-pyrrole nitrogens is 1. The van der Waals surface area contributed by atoms with Crippen molar-refractivity contribution in [1.29, 1.82) is 0 Å². The smallest absolute Gasteiger partial charge is 0.296 e. The van der Waals surface area contributed by atoms with Crippen LogP contribution in [0.4, 0.5) is 5.69 Å². The van der Waals surface area contributed by atoms with Gasteiger partial charge in [0.1, 0.15) is 0 Å². The van der Waals surface area contributed by atoms with E-state index in [1.165, 1.54) is 0 Å². The molecule has 6 heteroatoms. The maximum Gasteiger partial charge on any atom is 0.296 e. The van der Waals surface area contributed by atoms with Crippen LogP contribution in [0.1, 0.15) is 0 Å². The normalized spacial score (nSPS) is 11.8. The Bertz CT molecular complexity index is 559. The van der Waals surface area contributed by atoms with E-state index in [1.807, 2.05) is 6.07 Å². The highest BCUT2D eigenvalue weighted by atomic mass is 32.2. The average molecular weight is 211 g/mol. The number of benzene rings is 1. The van der Waals surface area contributed by atoms with Crippen LogP contribution in [0, 0.1) is 0 Å². The van der Waals surface area contributed by atoms with Crippen molar-refractivity contribution in [2.45, 2.75) is 0 Å². The summed E-state index contributed by atoms with van der Waals surface area (Å²) in [5.74, 6) is 0. The molecule has 2 rings (SSSR count). The molecule has 0 unspecified atom stereocenters. The molecule has 74 valence electrons. The summed E-state index contributed by atoms with van der Waals surface area (Å²) >= 11 is 0. The Morgan fingerprint density at radius 2 is 2.07 bits per heavy atom. The molecule has 1 aromatic heterocycles. The van der Waals surface area contributed by atoms with Crippen molar-refractivity contribution in [3.05, 3.63) is 30.5 Å². The minimum atomic E-state index is -3.69. The predicted molar refractivity (Wildman–Crippen MR) is 55.0 cm³/mol. The van der Waals surface area contributed by atoms with Gasteiger partial charge in [-0.25, -0.2) is 5.14 Å². The van der Waals surface area contributed by atoms with Crippen LogP contribution >= 0.6 is 0 Å². The van der Waals surface area contributed by atoms with Gasteiger partial charge in [-0.1, -0.05) is 0 Å². The second kappa shape index (κ2) is 3.00. The van der Waals surface area contributed by atoms with Crippen molar-refractivity contribution in [3.8, 4) is 0 Å². The number of aromatic nitrogens is 1. The Balaban J connectivity index is 2.44. The fraction of sp³-hybridized carbons (Fsp3) is 0. The summed E-state index contributed by atoms with van der Waals surface area (Å²) in [4.78, 5) is 3.00. The molecule has 0 aliphatic carbocycles. The second-order valence-corrected chi connectivity index (χ2v) is 4.22. The lowest BCUT2D eigenvalue weighted by Gasteiger charge is -2.02. The van der Waals surface area contributed by atoms with E-state index in [0.717, 1.165) is 10.9 Å². The number of anilines is 1. The molecule has 0 saturated carbocycles. The number of nitrogens with one attached hydrogen (secondary N) is 2. The molecule has 0 radical (unpaired) electrons. The number of hydrogen-bond donors (Lipinski definition) is 3. The molecule has 0 atom stereocenters. The van der Waals surface area contributed by atoms with Crippen molar-refractivity contribution in [3.63, 3.8) is 0 Å². The fourth-order valence-corrected chi connectivity index (χ4v) is 1.74. The topological polar surface area (TPSA) is 88.0 Å². The van der Waals surface area contributed by atoms with Crippen LogP contribution in [-0.4, -0.2) is 13.4 Å². The molecule has 14 heavy (non-hydrogen) atoms. The molecule has 0 fully saturated rings. The number of hydrogen-bond acceptors (Lipinski definition) is 2. The summed E-state index contributed by atoms with van der Waals surface area (Å²) in [5, 5.41) is 5.77. The first-order chi connectivity index (χ1) is 6.54. The van der Waals surface area contributed by atoms with Crippen LogP contribution in [0.15, 0.2) is 30.5 Å². The zero-order chi connectivity index (χ0) is 10.2. The van der Waals surface area contributed by atoms with E-state index in [4.69, 9.17) is 5.14 Å². The summed E-state index contributed by atoms with van der Waals surface area (Å²) < 4.78 is 23.7. The Kier molecular flexibility index (Phi) is 1.94. The molecule has 0 saturated heterocycles. The number of aromatic amines is 1. The first-order valence-corrected chi connectivity index (χ1v) is 5.47. The van der Waals surface area contributed by atoms with Crippen LogP contribution in [0.5, 0.6) is 0 Å². The summed E-state index contributed by atoms with van der Waals surface area (Å²) in [6.45, 7) is 0. The van der Waals surface area contributed by atoms with Crippen molar-refractivity contribution in [1.82, 2.24) is 4.98 Å². The first-order valence-electron chi connectivity index (χ1n) is 3.92. The highest BCUT2D eigenvalue weighted by Gasteiger charge is 2.02.